The third-order valence-corrected chi connectivity index (χ3v) is 4.46. The molecule has 1 fully saturated rings. The molecule has 7 nitrogen and oxygen atoms in total. The van der Waals surface area contributed by atoms with Gasteiger partial charge in [0.15, 0.2) is 0 Å². The summed E-state index contributed by atoms with van der Waals surface area (Å²) >= 11 is 0. The topological polar surface area (TPSA) is 118 Å². The van der Waals surface area contributed by atoms with E-state index in [1.807, 2.05) is 0 Å². The third-order valence-electron chi connectivity index (χ3n) is 3.63. The number of hydrogen-bond donors (Lipinski definition) is 2. The minimum Gasteiger partial charge on any atom is -0.366 e. The Hall–Kier alpha value is -1.93. The second kappa shape index (κ2) is 6.45. The lowest BCUT2D eigenvalue weighted by Crippen LogP contribution is -2.32. The van der Waals surface area contributed by atoms with Gasteiger partial charge in [0.2, 0.25) is 5.91 Å². The highest BCUT2D eigenvalue weighted by Gasteiger charge is 2.21. The molecule has 2 rings (SSSR count). The Morgan fingerprint density at radius 1 is 1.00 bits per heavy atom. The molecule has 1 aromatic carbocycles. The van der Waals surface area contributed by atoms with Gasteiger partial charge in [-0.3, -0.25) is 14.1 Å². The lowest BCUT2D eigenvalue weighted by atomic mass is 10.1. The molecule has 2 amide bonds. The summed E-state index contributed by atoms with van der Waals surface area (Å²) in [4.78, 5) is 24.9. The van der Waals surface area contributed by atoms with E-state index in [0.717, 1.165) is 37.8 Å². The lowest BCUT2D eigenvalue weighted by Gasteiger charge is -2.20. The first-order valence-corrected chi connectivity index (χ1v) is 8.45. The van der Waals surface area contributed by atoms with Gasteiger partial charge < -0.3 is 10.6 Å². The van der Waals surface area contributed by atoms with Crippen LogP contribution >= 0.6 is 0 Å². The first-order chi connectivity index (χ1) is 10.3. The van der Waals surface area contributed by atoms with Crippen LogP contribution in [0, 0.1) is 0 Å². The Balaban J connectivity index is 2.42. The van der Waals surface area contributed by atoms with Gasteiger partial charge in [-0.05, 0) is 31.0 Å². The average Bonchev–Trinajstić information content (AvgIpc) is 2.74. The van der Waals surface area contributed by atoms with E-state index in [4.69, 9.17) is 10.3 Å². The normalized spacial score (nSPS) is 16.1. The van der Waals surface area contributed by atoms with Crippen molar-refractivity contribution < 1.29 is 22.6 Å². The van der Waals surface area contributed by atoms with Crippen LogP contribution in [0.4, 0.5) is 0 Å². The number of carbonyl (C=O) groups is 2. The molecule has 0 atom stereocenters. The molecular weight excluding hydrogens is 308 g/mol. The number of amides is 2. The van der Waals surface area contributed by atoms with Gasteiger partial charge in [0.05, 0.1) is 4.90 Å². The summed E-state index contributed by atoms with van der Waals surface area (Å²) in [5.74, 6) is -1.23. The quantitative estimate of drug-likeness (QED) is 0.805. The van der Waals surface area contributed by atoms with Crippen molar-refractivity contribution in [2.45, 2.75) is 30.6 Å². The second-order valence-corrected chi connectivity index (χ2v) is 6.71. The summed E-state index contributed by atoms with van der Waals surface area (Å²) in [7, 11) is -4.53. The molecule has 0 saturated carbocycles. The molecule has 120 valence electrons. The van der Waals surface area contributed by atoms with Gasteiger partial charge in [0.1, 0.15) is 0 Å². The van der Waals surface area contributed by atoms with Crippen LogP contribution in [0.5, 0.6) is 0 Å². The van der Waals surface area contributed by atoms with Crippen molar-refractivity contribution in [2.24, 2.45) is 5.73 Å². The fraction of sp³-hybridized carbons (Fsp3) is 0.429. The van der Waals surface area contributed by atoms with E-state index >= 15 is 0 Å². The van der Waals surface area contributed by atoms with Crippen molar-refractivity contribution in [3.8, 4) is 0 Å². The van der Waals surface area contributed by atoms with E-state index in [1.165, 1.54) is 6.07 Å². The summed E-state index contributed by atoms with van der Waals surface area (Å²) in [5.41, 5.74) is 5.06. The number of carbonyl (C=O) groups excluding carboxylic acids is 2. The van der Waals surface area contributed by atoms with Gasteiger partial charge >= 0.3 is 0 Å². The van der Waals surface area contributed by atoms with Gasteiger partial charge in [-0.25, -0.2) is 0 Å². The Morgan fingerprint density at radius 2 is 1.55 bits per heavy atom. The zero-order valence-corrected chi connectivity index (χ0v) is 12.8. The highest BCUT2D eigenvalue weighted by Crippen LogP contribution is 2.19. The Kier molecular flexibility index (Phi) is 4.82. The fourth-order valence-corrected chi connectivity index (χ4v) is 3.02. The average molecular weight is 326 g/mol. The van der Waals surface area contributed by atoms with Crippen LogP contribution in [0.2, 0.25) is 0 Å². The molecule has 22 heavy (non-hydrogen) atoms. The number of benzene rings is 1. The van der Waals surface area contributed by atoms with Crippen LogP contribution < -0.4 is 5.73 Å². The van der Waals surface area contributed by atoms with Gasteiger partial charge in [-0.2, -0.15) is 8.42 Å². The number of primary amides is 1. The first-order valence-electron chi connectivity index (χ1n) is 7.01. The molecular formula is C14H18N2O5S. The molecule has 0 spiro atoms. The maximum atomic E-state index is 12.5. The highest BCUT2D eigenvalue weighted by molar-refractivity contribution is 7.85. The van der Waals surface area contributed by atoms with Crippen molar-refractivity contribution in [1.82, 2.24) is 4.90 Å². The minimum atomic E-state index is -4.53. The van der Waals surface area contributed by atoms with Gasteiger partial charge in [0.25, 0.3) is 16.0 Å². The number of hydrogen-bond acceptors (Lipinski definition) is 4. The number of nitrogens with zero attached hydrogens (tertiary/aromatic N) is 1. The largest absolute Gasteiger partial charge is 0.366 e. The van der Waals surface area contributed by atoms with Crippen molar-refractivity contribution in [3.63, 3.8) is 0 Å². The van der Waals surface area contributed by atoms with Crippen LogP contribution in [-0.4, -0.2) is 42.8 Å². The van der Waals surface area contributed by atoms with Crippen molar-refractivity contribution in [2.75, 3.05) is 13.1 Å². The Bertz CT molecular complexity index is 691. The third kappa shape index (κ3) is 3.83. The smallest absolute Gasteiger partial charge is 0.294 e. The van der Waals surface area contributed by atoms with Crippen LogP contribution in [-0.2, 0) is 10.1 Å². The van der Waals surface area contributed by atoms with Crippen molar-refractivity contribution in [1.29, 1.82) is 0 Å². The molecule has 0 unspecified atom stereocenters. The van der Waals surface area contributed by atoms with E-state index in [1.54, 1.807) is 4.90 Å². The van der Waals surface area contributed by atoms with Crippen LogP contribution in [0.1, 0.15) is 46.4 Å². The van der Waals surface area contributed by atoms with E-state index in [0.29, 0.717) is 13.1 Å². The zero-order valence-electron chi connectivity index (χ0n) is 12.0. The van der Waals surface area contributed by atoms with Crippen LogP contribution in [0.15, 0.2) is 23.1 Å². The molecule has 8 heteroatoms. The maximum absolute atomic E-state index is 12.5. The Morgan fingerprint density at radius 3 is 2.05 bits per heavy atom. The Labute approximate surface area is 128 Å². The predicted octanol–water partition coefficient (Wildman–Crippen LogP) is 1.05. The minimum absolute atomic E-state index is 0.0332. The highest BCUT2D eigenvalue weighted by atomic mass is 32.2. The van der Waals surface area contributed by atoms with E-state index in [2.05, 4.69) is 0 Å². The van der Waals surface area contributed by atoms with E-state index in [9.17, 15) is 18.0 Å². The molecule has 1 saturated heterocycles. The molecule has 3 N–H and O–H groups in total. The molecule has 0 aromatic heterocycles. The lowest BCUT2D eigenvalue weighted by molar-refractivity contribution is 0.0761. The van der Waals surface area contributed by atoms with Crippen molar-refractivity contribution in [3.05, 3.63) is 29.3 Å². The molecule has 0 aliphatic carbocycles. The monoisotopic (exact) mass is 326 g/mol. The summed E-state index contributed by atoms with van der Waals surface area (Å²) in [6, 6.07) is 3.27. The van der Waals surface area contributed by atoms with Gasteiger partial charge in [-0.1, -0.05) is 12.8 Å². The molecule has 0 radical (unpaired) electrons. The summed E-state index contributed by atoms with van der Waals surface area (Å²) in [6.07, 6.45) is 3.85. The molecule has 1 aromatic rings. The van der Waals surface area contributed by atoms with E-state index in [-0.39, 0.29) is 17.0 Å². The zero-order chi connectivity index (χ0) is 16.3. The maximum Gasteiger partial charge on any atom is 0.294 e. The summed E-state index contributed by atoms with van der Waals surface area (Å²) < 4.78 is 31.7. The van der Waals surface area contributed by atoms with Crippen LogP contribution in [0.3, 0.4) is 0 Å². The number of likely N-dealkylation sites (tertiary alicyclic amines) is 1. The SMILES string of the molecule is NC(=O)c1cc(C(=O)N2CCCCCC2)cc(S(=O)(=O)O)c1. The predicted molar refractivity (Wildman–Crippen MR) is 79.1 cm³/mol. The molecule has 1 aliphatic rings. The fourth-order valence-electron chi connectivity index (χ4n) is 2.47. The summed E-state index contributed by atoms with van der Waals surface area (Å²) in [6.45, 7) is 1.17. The van der Waals surface area contributed by atoms with Crippen LogP contribution in [0.25, 0.3) is 0 Å². The first kappa shape index (κ1) is 16.4. The van der Waals surface area contributed by atoms with Crippen molar-refractivity contribution >= 4 is 21.9 Å². The standard InChI is InChI=1S/C14H18N2O5S/c15-13(17)10-7-11(9-12(8-10)22(19,20)21)14(18)16-5-3-1-2-4-6-16/h7-9H,1-6H2,(H2,15,17)(H,19,20,21). The second-order valence-electron chi connectivity index (χ2n) is 5.29. The van der Waals surface area contributed by atoms with E-state index < -0.39 is 20.9 Å². The number of nitrogens with two attached hydrogens (primary N) is 1. The number of rotatable bonds is 3. The van der Waals surface area contributed by atoms with Gasteiger partial charge in [-0.15, -0.1) is 0 Å². The summed E-state index contributed by atoms with van der Waals surface area (Å²) in [5, 5.41) is 0. The molecule has 1 aliphatic heterocycles. The molecule has 0 bridgehead atoms. The van der Waals surface area contributed by atoms with Gasteiger partial charge in [0, 0.05) is 24.2 Å². The molecule has 1 heterocycles.